The van der Waals surface area contributed by atoms with Crippen molar-refractivity contribution < 1.29 is 14.6 Å². The molecule has 0 amide bonds. The molecule has 0 aliphatic carbocycles. The first-order chi connectivity index (χ1) is 6.29. The molecule has 1 aliphatic rings. The fourth-order valence-electron chi connectivity index (χ4n) is 1.17. The van der Waals surface area contributed by atoms with Gasteiger partial charge < -0.3 is 14.6 Å². The van der Waals surface area contributed by atoms with Crippen LogP contribution in [0.25, 0.3) is 0 Å². The number of rotatable bonds is 2. The van der Waals surface area contributed by atoms with Crippen molar-refractivity contribution in [2.24, 2.45) is 0 Å². The van der Waals surface area contributed by atoms with Crippen molar-refractivity contribution in [1.82, 2.24) is 0 Å². The maximum absolute atomic E-state index is 8.83. The van der Waals surface area contributed by atoms with Crippen molar-refractivity contribution in [3.05, 3.63) is 0 Å². The van der Waals surface area contributed by atoms with Gasteiger partial charge in [0.1, 0.15) is 12.7 Å². The lowest BCUT2D eigenvalue weighted by atomic mass is 10.2. The monoisotopic (exact) mass is 184 g/mol. The molecule has 0 radical (unpaired) electrons. The SMILES string of the molecule is C[C@H](O)C#CCOC1CCCCO1. The Bertz CT molecular complexity index is 184. The minimum Gasteiger partial charge on any atom is -0.381 e. The summed E-state index contributed by atoms with van der Waals surface area (Å²) < 4.78 is 10.7. The van der Waals surface area contributed by atoms with Crippen LogP contribution in [-0.4, -0.2) is 30.7 Å². The first-order valence-electron chi connectivity index (χ1n) is 4.68. The third kappa shape index (κ3) is 4.89. The lowest BCUT2D eigenvalue weighted by Crippen LogP contribution is -2.22. The number of aliphatic hydroxyl groups excluding tert-OH is 1. The molecular weight excluding hydrogens is 168 g/mol. The molecule has 1 N–H and O–H groups in total. The third-order valence-corrected chi connectivity index (χ3v) is 1.79. The summed E-state index contributed by atoms with van der Waals surface area (Å²) in [4.78, 5) is 0. The third-order valence-electron chi connectivity index (χ3n) is 1.79. The van der Waals surface area contributed by atoms with Gasteiger partial charge in [0.15, 0.2) is 6.29 Å². The molecular formula is C10H16O3. The predicted molar refractivity (Wildman–Crippen MR) is 49.0 cm³/mol. The topological polar surface area (TPSA) is 38.7 Å². The van der Waals surface area contributed by atoms with E-state index >= 15 is 0 Å². The minimum atomic E-state index is -0.573. The molecule has 0 bridgehead atoms. The normalized spacial score (nSPS) is 24.6. The fraction of sp³-hybridized carbons (Fsp3) is 0.800. The number of hydrogen-bond donors (Lipinski definition) is 1. The molecule has 0 aromatic rings. The van der Waals surface area contributed by atoms with E-state index in [0.29, 0.717) is 6.61 Å². The Morgan fingerprint density at radius 3 is 3.08 bits per heavy atom. The van der Waals surface area contributed by atoms with E-state index in [9.17, 15) is 0 Å². The standard InChI is InChI=1S/C10H16O3/c1-9(11)5-4-8-13-10-6-2-3-7-12-10/h9-11H,2-3,6-8H2,1H3/t9-,10?/m0/s1. The quantitative estimate of drug-likeness (QED) is 0.648. The summed E-state index contributed by atoms with van der Waals surface area (Å²) in [7, 11) is 0. The van der Waals surface area contributed by atoms with E-state index in [1.807, 2.05) is 0 Å². The van der Waals surface area contributed by atoms with Gasteiger partial charge in [-0.3, -0.25) is 0 Å². The molecule has 1 unspecified atom stereocenters. The summed E-state index contributed by atoms with van der Waals surface area (Å²) in [5.41, 5.74) is 0. The van der Waals surface area contributed by atoms with Crippen molar-refractivity contribution in [2.45, 2.75) is 38.6 Å². The van der Waals surface area contributed by atoms with Crippen LogP contribution in [0.5, 0.6) is 0 Å². The predicted octanol–water partition coefficient (Wildman–Crippen LogP) is 0.914. The lowest BCUT2D eigenvalue weighted by molar-refractivity contribution is -0.154. The maximum atomic E-state index is 8.83. The van der Waals surface area contributed by atoms with Crippen molar-refractivity contribution in [3.63, 3.8) is 0 Å². The van der Waals surface area contributed by atoms with Gasteiger partial charge in [0.2, 0.25) is 0 Å². The van der Waals surface area contributed by atoms with Crippen LogP contribution >= 0.6 is 0 Å². The molecule has 0 spiro atoms. The van der Waals surface area contributed by atoms with Crippen LogP contribution in [0, 0.1) is 11.8 Å². The summed E-state index contributed by atoms with van der Waals surface area (Å²) in [5.74, 6) is 5.34. The van der Waals surface area contributed by atoms with E-state index in [2.05, 4.69) is 11.8 Å². The van der Waals surface area contributed by atoms with Crippen molar-refractivity contribution in [3.8, 4) is 11.8 Å². The second kappa shape index (κ2) is 5.98. The molecule has 0 aromatic carbocycles. The largest absolute Gasteiger partial charge is 0.381 e. The van der Waals surface area contributed by atoms with E-state index in [-0.39, 0.29) is 6.29 Å². The Morgan fingerprint density at radius 2 is 2.46 bits per heavy atom. The Morgan fingerprint density at radius 1 is 1.62 bits per heavy atom. The van der Waals surface area contributed by atoms with Crippen LogP contribution < -0.4 is 0 Å². The van der Waals surface area contributed by atoms with Crippen LogP contribution in [0.15, 0.2) is 0 Å². The van der Waals surface area contributed by atoms with Gasteiger partial charge in [0.25, 0.3) is 0 Å². The van der Waals surface area contributed by atoms with Gasteiger partial charge in [-0.25, -0.2) is 0 Å². The number of aliphatic hydroxyl groups is 1. The van der Waals surface area contributed by atoms with Gasteiger partial charge in [-0.2, -0.15) is 0 Å². The number of hydrogen-bond acceptors (Lipinski definition) is 3. The minimum absolute atomic E-state index is 0.0861. The lowest BCUT2D eigenvalue weighted by Gasteiger charge is -2.21. The average Bonchev–Trinajstić information content (AvgIpc) is 2.14. The van der Waals surface area contributed by atoms with Gasteiger partial charge in [0, 0.05) is 6.61 Å². The molecule has 2 atom stereocenters. The molecule has 1 fully saturated rings. The van der Waals surface area contributed by atoms with Crippen LogP contribution in [0.3, 0.4) is 0 Å². The fourth-order valence-corrected chi connectivity index (χ4v) is 1.17. The van der Waals surface area contributed by atoms with E-state index in [1.54, 1.807) is 6.92 Å². The molecule has 1 aliphatic heterocycles. The van der Waals surface area contributed by atoms with Crippen molar-refractivity contribution >= 4 is 0 Å². The summed E-state index contributed by atoms with van der Waals surface area (Å²) in [6, 6.07) is 0. The molecule has 1 heterocycles. The molecule has 0 saturated carbocycles. The second-order valence-electron chi connectivity index (χ2n) is 3.10. The van der Waals surface area contributed by atoms with Gasteiger partial charge in [-0.1, -0.05) is 11.8 Å². The van der Waals surface area contributed by atoms with E-state index in [1.165, 1.54) is 0 Å². The van der Waals surface area contributed by atoms with Gasteiger partial charge in [0.05, 0.1) is 0 Å². The van der Waals surface area contributed by atoms with Crippen LogP contribution in [-0.2, 0) is 9.47 Å². The van der Waals surface area contributed by atoms with Crippen molar-refractivity contribution in [1.29, 1.82) is 0 Å². The first-order valence-corrected chi connectivity index (χ1v) is 4.68. The van der Waals surface area contributed by atoms with E-state index in [4.69, 9.17) is 14.6 Å². The Balaban J connectivity index is 2.08. The average molecular weight is 184 g/mol. The van der Waals surface area contributed by atoms with E-state index in [0.717, 1.165) is 25.9 Å². The Kier molecular flexibility index (Phi) is 4.84. The van der Waals surface area contributed by atoms with Crippen LogP contribution in [0.4, 0.5) is 0 Å². The van der Waals surface area contributed by atoms with Gasteiger partial charge >= 0.3 is 0 Å². The first kappa shape index (κ1) is 10.5. The molecule has 74 valence electrons. The van der Waals surface area contributed by atoms with Crippen molar-refractivity contribution in [2.75, 3.05) is 13.2 Å². The highest BCUT2D eigenvalue weighted by molar-refractivity contribution is 5.03. The highest BCUT2D eigenvalue weighted by Crippen LogP contribution is 2.12. The Labute approximate surface area is 79.0 Å². The summed E-state index contributed by atoms with van der Waals surface area (Å²) in [5, 5.41) is 8.83. The molecule has 1 rings (SSSR count). The molecule has 0 aromatic heterocycles. The smallest absolute Gasteiger partial charge is 0.158 e. The molecule has 3 heteroatoms. The second-order valence-corrected chi connectivity index (χ2v) is 3.10. The summed E-state index contributed by atoms with van der Waals surface area (Å²) >= 11 is 0. The highest BCUT2D eigenvalue weighted by Gasteiger charge is 2.12. The Hall–Kier alpha value is -0.560. The maximum Gasteiger partial charge on any atom is 0.158 e. The number of ether oxygens (including phenoxy) is 2. The zero-order valence-electron chi connectivity index (χ0n) is 7.95. The van der Waals surface area contributed by atoms with Crippen LogP contribution in [0.2, 0.25) is 0 Å². The zero-order chi connectivity index (χ0) is 9.52. The molecule has 13 heavy (non-hydrogen) atoms. The summed E-state index contributed by atoms with van der Waals surface area (Å²) in [6.07, 6.45) is 2.58. The zero-order valence-corrected chi connectivity index (χ0v) is 7.95. The molecule has 3 nitrogen and oxygen atoms in total. The highest BCUT2D eigenvalue weighted by atomic mass is 16.7. The van der Waals surface area contributed by atoms with Crippen LogP contribution in [0.1, 0.15) is 26.2 Å². The summed E-state index contributed by atoms with van der Waals surface area (Å²) in [6.45, 7) is 2.76. The van der Waals surface area contributed by atoms with Gasteiger partial charge in [-0.15, -0.1) is 0 Å². The van der Waals surface area contributed by atoms with E-state index < -0.39 is 6.10 Å². The molecule has 1 saturated heterocycles. The van der Waals surface area contributed by atoms with Gasteiger partial charge in [-0.05, 0) is 26.2 Å².